The van der Waals surface area contributed by atoms with Crippen LogP contribution < -0.4 is 10.1 Å². The van der Waals surface area contributed by atoms with Gasteiger partial charge in [-0.1, -0.05) is 48.3 Å². The third kappa shape index (κ3) is 6.64. The van der Waals surface area contributed by atoms with Gasteiger partial charge in [0.15, 0.2) is 0 Å². The monoisotopic (exact) mass is 450 g/mol. The van der Waals surface area contributed by atoms with E-state index in [4.69, 9.17) is 27.9 Å². The molecule has 0 aromatic heterocycles. The Morgan fingerprint density at radius 1 is 1.07 bits per heavy atom. The number of hydrogen-bond acceptors (Lipinski definition) is 3. The van der Waals surface area contributed by atoms with Crippen molar-refractivity contribution in [3.05, 3.63) is 63.6 Å². The van der Waals surface area contributed by atoms with E-state index in [1.54, 1.807) is 37.1 Å². The molecule has 0 aliphatic carbocycles. The molecule has 0 saturated carbocycles. The fourth-order valence-corrected chi connectivity index (χ4v) is 3.26. The Bertz CT molecular complexity index is 889. The highest BCUT2D eigenvalue weighted by Crippen LogP contribution is 2.24. The van der Waals surface area contributed by atoms with Crippen molar-refractivity contribution in [2.75, 3.05) is 7.11 Å². The molecule has 1 N–H and O–H groups in total. The first-order valence-corrected chi connectivity index (χ1v) is 10.7. The van der Waals surface area contributed by atoms with Crippen LogP contribution in [0, 0.1) is 0 Å². The standard InChI is InChI=1S/C23H28Cl2N2O3/c1-5-15(2)26-23(29)16(3)27(14-18-7-6-8-19(11-18)30-4)22(28)13-17-9-10-20(24)21(25)12-17/h6-12,15-16H,5,13-14H2,1-4H3,(H,26,29). The summed E-state index contributed by atoms with van der Waals surface area (Å²) in [5.74, 6) is 0.332. The maximum absolute atomic E-state index is 13.2. The van der Waals surface area contributed by atoms with E-state index >= 15 is 0 Å². The van der Waals surface area contributed by atoms with Gasteiger partial charge >= 0.3 is 0 Å². The van der Waals surface area contributed by atoms with Crippen LogP contribution in [-0.4, -0.2) is 35.9 Å². The maximum atomic E-state index is 13.2. The van der Waals surface area contributed by atoms with Crippen molar-refractivity contribution < 1.29 is 14.3 Å². The minimum absolute atomic E-state index is 0.0313. The van der Waals surface area contributed by atoms with Crippen molar-refractivity contribution in [3.63, 3.8) is 0 Å². The number of carbonyl (C=O) groups excluding carboxylic acids is 2. The van der Waals surface area contributed by atoms with E-state index in [-0.39, 0.29) is 30.8 Å². The Hall–Kier alpha value is -2.24. The van der Waals surface area contributed by atoms with Crippen molar-refractivity contribution in [1.82, 2.24) is 10.2 Å². The lowest BCUT2D eigenvalue weighted by molar-refractivity contribution is -0.140. The smallest absolute Gasteiger partial charge is 0.242 e. The molecule has 2 atom stereocenters. The molecule has 0 bridgehead atoms. The van der Waals surface area contributed by atoms with Gasteiger partial charge in [-0.05, 0) is 55.7 Å². The summed E-state index contributed by atoms with van der Waals surface area (Å²) in [6, 6.07) is 12.0. The number of methoxy groups -OCH3 is 1. The number of hydrogen-bond donors (Lipinski definition) is 1. The first kappa shape index (κ1) is 24.0. The Labute approximate surface area is 188 Å². The molecule has 7 heteroatoms. The highest BCUT2D eigenvalue weighted by molar-refractivity contribution is 6.42. The second kappa shape index (κ2) is 11.2. The lowest BCUT2D eigenvalue weighted by Gasteiger charge is -2.30. The van der Waals surface area contributed by atoms with Crippen LogP contribution >= 0.6 is 23.2 Å². The Balaban J connectivity index is 2.27. The van der Waals surface area contributed by atoms with Crippen molar-refractivity contribution in [3.8, 4) is 5.75 Å². The van der Waals surface area contributed by atoms with Crippen LogP contribution in [0.15, 0.2) is 42.5 Å². The zero-order valence-electron chi connectivity index (χ0n) is 17.7. The molecule has 2 aromatic rings. The van der Waals surface area contributed by atoms with Crippen molar-refractivity contribution in [2.24, 2.45) is 0 Å². The van der Waals surface area contributed by atoms with E-state index in [2.05, 4.69) is 5.32 Å². The summed E-state index contributed by atoms with van der Waals surface area (Å²) in [4.78, 5) is 27.5. The maximum Gasteiger partial charge on any atom is 0.242 e. The van der Waals surface area contributed by atoms with Crippen molar-refractivity contribution in [2.45, 2.75) is 52.2 Å². The zero-order valence-corrected chi connectivity index (χ0v) is 19.3. The summed E-state index contributed by atoms with van der Waals surface area (Å²) in [5.41, 5.74) is 1.61. The molecule has 2 rings (SSSR count). The Morgan fingerprint density at radius 2 is 1.80 bits per heavy atom. The Kier molecular flexibility index (Phi) is 9.00. The SMILES string of the molecule is CCC(C)NC(=O)C(C)N(Cc1cccc(OC)c1)C(=O)Cc1ccc(Cl)c(Cl)c1. The minimum atomic E-state index is -0.638. The number of ether oxygens (including phenoxy) is 1. The van der Waals surface area contributed by atoms with Crippen LogP contribution in [0.5, 0.6) is 5.75 Å². The molecule has 0 heterocycles. The van der Waals surface area contributed by atoms with E-state index in [0.29, 0.717) is 15.8 Å². The predicted octanol–water partition coefficient (Wildman–Crippen LogP) is 4.88. The molecule has 0 spiro atoms. The third-order valence-electron chi connectivity index (χ3n) is 4.99. The quantitative estimate of drug-likeness (QED) is 0.592. The van der Waals surface area contributed by atoms with Gasteiger partial charge in [-0.3, -0.25) is 9.59 Å². The number of benzene rings is 2. The van der Waals surface area contributed by atoms with Gasteiger partial charge < -0.3 is 15.0 Å². The Morgan fingerprint density at radius 3 is 2.43 bits per heavy atom. The molecule has 0 fully saturated rings. The highest BCUT2D eigenvalue weighted by atomic mass is 35.5. The average molecular weight is 451 g/mol. The van der Waals surface area contributed by atoms with E-state index in [1.807, 2.05) is 38.1 Å². The molecule has 0 aliphatic heterocycles. The highest BCUT2D eigenvalue weighted by Gasteiger charge is 2.27. The minimum Gasteiger partial charge on any atom is -0.497 e. The van der Waals surface area contributed by atoms with Crippen molar-refractivity contribution in [1.29, 1.82) is 0 Å². The van der Waals surface area contributed by atoms with Gasteiger partial charge in [0.25, 0.3) is 0 Å². The molecule has 0 saturated heterocycles. The summed E-state index contributed by atoms with van der Waals surface area (Å²) in [7, 11) is 1.59. The lowest BCUT2D eigenvalue weighted by Crippen LogP contribution is -2.49. The van der Waals surface area contributed by atoms with Gasteiger partial charge in [-0.2, -0.15) is 0 Å². The normalized spacial score (nSPS) is 12.7. The van der Waals surface area contributed by atoms with Crippen LogP contribution in [-0.2, 0) is 22.6 Å². The topological polar surface area (TPSA) is 58.6 Å². The zero-order chi connectivity index (χ0) is 22.3. The molecule has 30 heavy (non-hydrogen) atoms. The molecule has 2 aromatic carbocycles. The molecule has 162 valence electrons. The van der Waals surface area contributed by atoms with Gasteiger partial charge in [0.1, 0.15) is 11.8 Å². The van der Waals surface area contributed by atoms with Gasteiger partial charge in [0.2, 0.25) is 11.8 Å². The van der Waals surface area contributed by atoms with Crippen molar-refractivity contribution >= 4 is 35.0 Å². The summed E-state index contributed by atoms with van der Waals surface area (Å²) in [6.45, 7) is 5.96. The first-order valence-electron chi connectivity index (χ1n) is 9.91. The van der Waals surface area contributed by atoms with E-state index in [0.717, 1.165) is 17.5 Å². The molecule has 2 unspecified atom stereocenters. The number of halogens is 2. The first-order chi connectivity index (χ1) is 14.2. The van der Waals surface area contributed by atoms with Crippen LogP contribution in [0.25, 0.3) is 0 Å². The molecular weight excluding hydrogens is 423 g/mol. The molecule has 2 amide bonds. The summed E-state index contributed by atoms with van der Waals surface area (Å²) >= 11 is 12.1. The van der Waals surface area contributed by atoms with Crippen LogP contribution in [0.1, 0.15) is 38.3 Å². The van der Waals surface area contributed by atoms with E-state index < -0.39 is 6.04 Å². The van der Waals surface area contributed by atoms with E-state index in [9.17, 15) is 9.59 Å². The van der Waals surface area contributed by atoms with Gasteiger partial charge in [0.05, 0.1) is 23.6 Å². The molecule has 5 nitrogen and oxygen atoms in total. The predicted molar refractivity (Wildman–Crippen MR) is 121 cm³/mol. The third-order valence-corrected chi connectivity index (χ3v) is 5.73. The van der Waals surface area contributed by atoms with E-state index in [1.165, 1.54) is 0 Å². The van der Waals surface area contributed by atoms with Crippen LogP contribution in [0.2, 0.25) is 10.0 Å². The summed E-state index contributed by atoms with van der Waals surface area (Å²) < 4.78 is 5.28. The van der Waals surface area contributed by atoms with Crippen LogP contribution in [0.3, 0.4) is 0 Å². The summed E-state index contributed by atoms with van der Waals surface area (Å²) in [6.07, 6.45) is 0.924. The number of nitrogens with zero attached hydrogens (tertiary/aromatic N) is 1. The number of amides is 2. The summed E-state index contributed by atoms with van der Waals surface area (Å²) in [5, 5.41) is 3.78. The fraction of sp³-hybridized carbons (Fsp3) is 0.391. The molecule has 0 radical (unpaired) electrons. The van der Waals surface area contributed by atoms with Gasteiger partial charge in [0, 0.05) is 12.6 Å². The number of rotatable bonds is 9. The van der Waals surface area contributed by atoms with Crippen LogP contribution in [0.4, 0.5) is 0 Å². The fourth-order valence-electron chi connectivity index (χ4n) is 2.94. The second-order valence-electron chi connectivity index (χ2n) is 7.29. The molecular formula is C23H28Cl2N2O3. The average Bonchev–Trinajstić information content (AvgIpc) is 2.74. The van der Waals surface area contributed by atoms with Gasteiger partial charge in [-0.15, -0.1) is 0 Å². The number of nitrogens with one attached hydrogen (secondary N) is 1. The second-order valence-corrected chi connectivity index (χ2v) is 8.11. The van der Waals surface area contributed by atoms with Gasteiger partial charge in [-0.25, -0.2) is 0 Å². The largest absolute Gasteiger partial charge is 0.497 e. The molecule has 0 aliphatic rings. The lowest BCUT2D eigenvalue weighted by atomic mass is 10.1. The number of carbonyl (C=O) groups is 2.